The zero-order valence-corrected chi connectivity index (χ0v) is 11.2. The van der Waals surface area contributed by atoms with Gasteiger partial charge in [-0.1, -0.05) is 24.6 Å². The Morgan fingerprint density at radius 3 is 2.61 bits per heavy atom. The van der Waals surface area contributed by atoms with Crippen LogP contribution in [-0.2, 0) is 9.47 Å². The van der Waals surface area contributed by atoms with Crippen molar-refractivity contribution in [2.24, 2.45) is 0 Å². The Hall–Kier alpha value is -1.55. The first-order valence-corrected chi connectivity index (χ1v) is 6.13. The molecule has 1 rings (SSSR count). The molecule has 1 aromatic rings. The predicted molar refractivity (Wildman–Crippen MR) is 69.0 cm³/mol. The summed E-state index contributed by atoms with van der Waals surface area (Å²) >= 11 is 0. The van der Waals surface area contributed by atoms with Crippen LogP contribution in [0.2, 0.25) is 0 Å². The molecule has 0 spiro atoms. The van der Waals surface area contributed by atoms with Crippen LogP contribution in [0.3, 0.4) is 0 Å². The highest BCUT2D eigenvalue weighted by Crippen LogP contribution is 2.19. The summed E-state index contributed by atoms with van der Waals surface area (Å²) in [5, 5.41) is 0. The Morgan fingerprint density at radius 2 is 1.94 bits per heavy atom. The van der Waals surface area contributed by atoms with Crippen molar-refractivity contribution in [3.63, 3.8) is 0 Å². The van der Waals surface area contributed by atoms with E-state index in [0.29, 0.717) is 19.0 Å². The van der Waals surface area contributed by atoms with Gasteiger partial charge in [0.05, 0.1) is 6.61 Å². The van der Waals surface area contributed by atoms with Gasteiger partial charge in [-0.15, -0.1) is 0 Å². The summed E-state index contributed by atoms with van der Waals surface area (Å²) in [6, 6.07) is 5.60. The van der Waals surface area contributed by atoms with Crippen LogP contribution in [-0.4, -0.2) is 26.0 Å². The van der Waals surface area contributed by atoms with Crippen molar-refractivity contribution in [1.82, 2.24) is 0 Å². The Balaban J connectivity index is 2.31. The van der Waals surface area contributed by atoms with Gasteiger partial charge < -0.3 is 14.2 Å². The maximum Gasteiger partial charge on any atom is 0.513 e. The first-order valence-electron chi connectivity index (χ1n) is 6.13. The first kappa shape index (κ1) is 14.5. The second-order valence-corrected chi connectivity index (χ2v) is 4.08. The summed E-state index contributed by atoms with van der Waals surface area (Å²) in [7, 11) is 0. The fourth-order valence-corrected chi connectivity index (χ4v) is 1.46. The van der Waals surface area contributed by atoms with Crippen LogP contribution in [0.5, 0.6) is 5.75 Å². The smallest absolute Gasteiger partial charge is 0.432 e. The molecule has 4 nitrogen and oxygen atoms in total. The van der Waals surface area contributed by atoms with E-state index in [0.717, 1.165) is 17.5 Å². The molecule has 100 valence electrons. The average molecular weight is 252 g/mol. The van der Waals surface area contributed by atoms with Crippen LogP contribution in [0, 0.1) is 13.8 Å². The standard InChI is InChI=1S/C14H20O4/c1-4-7-16-8-9-17-14(15)18-13-6-5-11(2)10-12(13)3/h5-6,10H,4,7-9H2,1-3H3. The highest BCUT2D eigenvalue weighted by molar-refractivity contribution is 5.64. The largest absolute Gasteiger partial charge is 0.513 e. The molecule has 0 bridgehead atoms. The summed E-state index contributed by atoms with van der Waals surface area (Å²) in [6.07, 6.45) is 0.259. The molecule has 0 fully saturated rings. The van der Waals surface area contributed by atoms with Crippen molar-refractivity contribution in [2.45, 2.75) is 27.2 Å². The van der Waals surface area contributed by atoms with Gasteiger partial charge in [0.1, 0.15) is 12.4 Å². The zero-order valence-electron chi connectivity index (χ0n) is 11.2. The number of benzene rings is 1. The van der Waals surface area contributed by atoms with Gasteiger partial charge in [-0.05, 0) is 31.9 Å². The lowest BCUT2D eigenvalue weighted by Gasteiger charge is -2.08. The van der Waals surface area contributed by atoms with E-state index in [2.05, 4.69) is 0 Å². The Bertz CT molecular complexity index is 387. The molecule has 4 heteroatoms. The second kappa shape index (κ2) is 7.71. The summed E-state index contributed by atoms with van der Waals surface area (Å²) in [5.41, 5.74) is 2.04. The molecule has 0 aliphatic carbocycles. The van der Waals surface area contributed by atoms with Crippen molar-refractivity contribution in [1.29, 1.82) is 0 Å². The van der Waals surface area contributed by atoms with Gasteiger partial charge >= 0.3 is 6.16 Å². The van der Waals surface area contributed by atoms with Gasteiger partial charge in [-0.3, -0.25) is 0 Å². The lowest BCUT2D eigenvalue weighted by Crippen LogP contribution is -2.15. The van der Waals surface area contributed by atoms with E-state index in [4.69, 9.17) is 14.2 Å². The van der Waals surface area contributed by atoms with Crippen molar-refractivity contribution in [2.75, 3.05) is 19.8 Å². The Labute approximate surface area is 108 Å². The minimum atomic E-state index is -0.693. The van der Waals surface area contributed by atoms with Gasteiger partial charge in [-0.2, -0.15) is 0 Å². The summed E-state index contributed by atoms with van der Waals surface area (Å²) in [5.74, 6) is 0.528. The third kappa shape index (κ3) is 5.19. The van der Waals surface area contributed by atoms with Crippen LogP contribution in [0.1, 0.15) is 24.5 Å². The summed E-state index contributed by atoms with van der Waals surface area (Å²) in [4.78, 5) is 11.4. The maximum absolute atomic E-state index is 11.4. The fraction of sp³-hybridized carbons (Fsp3) is 0.500. The third-order valence-electron chi connectivity index (χ3n) is 2.32. The van der Waals surface area contributed by atoms with Gasteiger partial charge in [-0.25, -0.2) is 4.79 Å². The zero-order chi connectivity index (χ0) is 13.4. The Morgan fingerprint density at radius 1 is 1.17 bits per heavy atom. The molecule has 18 heavy (non-hydrogen) atoms. The molecule has 0 aliphatic rings. The highest BCUT2D eigenvalue weighted by atomic mass is 16.7. The van der Waals surface area contributed by atoms with Gasteiger partial charge in [0.25, 0.3) is 0 Å². The molecule has 0 amide bonds. The van der Waals surface area contributed by atoms with Crippen LogP contribution in [0.15, 0.2) is 18.2 Å². The molecule has 0 N–H and O–H groups in total. The molecule has 0 radical (unpaired) electrons. The third-order valence-corrected chi connectivity index (χ3v) is 2.32. The van der Waals surface area contributed by atoms with Crippen molar-refractivity contribution in [3.05, 3.63) is 29.3 Å². The SMILES string of the molecule is CCCOCCOC(=O)Oc1ccc(C)cc1C. The van der Waals surface area contributed by atoms with Crippen LogP contribution in [0.4, 0.5) is 4.79 Å². The topological polar surface area (TPSA) is 44.8 Å². The van der Waals surface area contributed by atoms with Crippen molar-refractivity contribution < 1.29 is 19.0 Å². The van der Waals surface area contributed by atoms with Gasteiger partial charge in [0.15, 0.2) is 0 Å². The van der Waals surface area contributed by atoms with E-state index in [9.17, 15) is 4.79 Å². The minimum absolute atomic E-state index is 0.212. The molecule has 0 saturated carbocycles. The number of hydrogen-bond acceptors (Lipinski definition) is 4. The number of carbonyl (C=O) groups excluding carboxylic acids is 1. The van der Waals surface area contributed by atoms with Crippen LogP contribution >= 0.6 is 0 Å². The van der Waals surface area contributed by atoms with E-state index in [-0.39, 0.29) is 6.61 Å². The monoisotopic (exact) mass is 252 g/mol. The number of rotatable bonds is 6. The highest BCUT2D eigenvalue weighted by Gasteiger charge is 2.08. The van der Waals surface area contributed by atoms with Crippen LogP contribution in [0.25, 0.3) is 0 Å². The second-order valence-electron chi connectivity index (χ2n) is 4.08. The maximum atomic E-state index is 11.4. The molecular formula is C14H20O4. The number of ether oxygens (including phenoxy) is 3. The normalized spacial score (nSPS) is 10.2. The van der Waals surface area contributed by atoms with E-state index in [1.54, 1.807) is 6.07 Å². The lowest BCUT2D eigenvalue weighted by molar-refractivity contribution is 0.0521. The summed E-state index contributed by atoms with van der Waals surface area (Å²) in [6.45, 7) is 7.18. The fourth-order valence-electron chi connectivity index (χ4n) is 1.46. The minimum Gasteiger partial charge on any atom is -0.432 e. The molecular weight excluding hydrogens is 232 g/mol. The first-order chi connectivity index (χ1) is 8.63. The molecule has 0 aliphatic heterocycles. The molecule has 0 aromatic heterocycles. The van der Waals surface area contributed by atoms with Crippen LogP contribution < -0.4 is 4.74 Å². The average Bonchev–Trinajstić information content (AvgIpc) is 2.32. The molecule has 0 heterocycles. The Kier molecular flexibility index (Phi) is 6.22. The van der Waals surface area contributed by atoms with E-state index in [1.165, 1.54) is 0 Å². The molecule has 1 aromatic carbocycles. The predicted octanol–water partition coefficient (Wildman–Crippen LogP) is 3.25. The number of carbonyl (C=O) groups is 1. The van der Waals surface area contributed by atoms with E-state index >= 15 is 0 Å². The van der Waals surface area contributed by atoms with Gasteiger partial charge in [0.2, 0.25) is 0 Å². The van der Waals surface area contributed by atoms with Crippen molar-refractivity contribution >= 4 is 6.16 Å². The molecule has 0 atom stereocenters. The lowest BCUT2D eigenvalue weighted by atomic mass is 10.1. The summed E-state index contributed by atoms with van der Waals surface area (Å²) < 4.78 is 15.2. The quantitative estimate of drug-likeness (QED) is 0.443. The molecule has 0 unspecified atom stereocenters. The number of hydrogen-bond donors (Lipinski definition) is 0. The van der Waals surface area contributed by atoms with E-state index in [1.807, 2.05) is 32.9 Å². The van der Waals surface area contributed by atoms with Crippen molar-refractivity contribution in [3.8, 4) is 5.75 Å². The van der Waals surface area contributed by atoms with Gasteiger partial charge in [0, 0.05) is 6.61 Å². The van der Waals surface area contributed by atoms with E-state index < -0.39 is 6.16 Å². The number of aryl methyl sites for hydroxylation is 2. The molecule has 0 saturated heterocycles.